The van der Waals surface area contributed by atoms with Crippen LogP contribution in [0.15, 0.2) is 58.6 Å². The molecule has 0 saturated carbocycles. The van der Waals surface area contributed by atoms with Crippen LogP contribution in [0.2, 0.25) is 0 Å². The molecule has 0 radical (unpaired) electrons. The molecule has 180 valence electrons. The molecule has 2 heterocycles. The van der Waals surface area contributed by atoms with Gasteiger partial charge in [0.1, 0.15) is 11.5 Å². The smallest absolute Gasteiger partial charge is 0.295 e. The van der Waals surface area contributed by atoms with Gasteiger partial charge in [0, 0.05) is 36.2 Å². The van der Waals surface area contributed by atoms with Crippen LogP contribution in [0.4, 0.5) is 0 Å². The lowest BCUT2D eigenvalue weighted by Crippen LogP contribution is -2.38. The average Bonchev–Trinajstić information content (AvgIpc) is 3.10. The Bertz CT molecular complexity index is 1060. The highest BCUT2D eigenvalue weighted by molar-refractivity contribution is 9.10. The lowest BCUT2D eigenvalue weighted by atomic mass is 9.95. The van der Waals surface area contributed by atoms with Crippen LogP contribution in [0.3, 0.4) is 0 Å². The lowest BCUT2D eigenvalue weighted by Gasteiger charge is -2.29. The SMILES string of the molecule is CCOc1cccc(C(O)=C2C(=O)C(=O)N(CCCN3CCOCC3)C2c2ccc(Br)cc2)c1. The molecule has 1 unspecified atom stereocenters. The number of hydrogen-bond acceptors (Lipinski definition) is 6. The van der Waals surface area contributed by atoms with Crippen molar-refractivity contribution in [1.29, 1.82) is 0 Å². The summed E-state index contributed by atoms with van der Waals surface area (Å²) < 4.78 is 11.8. The first-order valence-electron chi connectivity index (χ1n) is 11.6. The molecule has 8 heteroatoms. The molecule has 0 spiro atoms. The van der Waals surface area contributed by atoms with E-state index in [2.05, 4.69) is 20.8 Å². The molecule has 0 aliphatic carbocycles. The number of carbonyl (C=O) groups is 2. The lowest BCUT2D eigenvalue weighted by molar-refractivity contribution is -0.140. The maximum atomic E-state index is 13.2. The minimum Gasteiger partial charge on any atom is -0.507 e. The van der Waals surface area contributed by atoms with E-state index in [4.69, 9.17) is 9.47 Å². The number of likely N-dealkylation sites (tertiary alicyclic amines) is 1. The summed E-state index contributed by atoms with van der Waals surface area (Å²) in [5.41, 5.74) is 1.32. The first-order valence-corrected chi connectivity index (χ1v) is 12.4. The molecule has 4 rings (SSSR count). The third kappa shape index (κ3) is 5.35. The fourth-order valence-electron chi connectivity index (χ4n) is 4.45. The minimum absolute atomic E-state index is 0.104. The Labute approximate surface area is 208 Å². The number of rotatable bonds is 8. The summed E-state index contributed by atoms with van der Waals surface area (Å²) in [5, 5.41) is 11.2. The van der Waals surface area contributed by atoms with Gasteiger partial charge >= 0.3 is 0 Å². The zero-order valence-electron chi connectivity index (χ0n) is 19.2. The standard InChI is InChI=1S/C26H29BrN2O5/c1-2-34-21-6-3-5-19(17-21)24(30)22-23(18-7-9-20(27)10-8-18)29(26(32)25(22)31)12-4-11-28-13-15-33-16-14-28/h3,5-10,17,23,30H,2,4,11-16H2,1H3. The van der Waals surface area contributed by atoms with Crippen LogP contribution in [-0.2, 0) is 14.3 Å². The number of halogens is 1. The Morgan fingerprint density at radius 3 is 2.56 bits per heavy atom. The van der Waals surface area contributed by atoms with E-state index in [1.807, 2.05) is 31.2 Å². The molecule has 1 atom stereocenters. The zero-order valence-corrected chi connectivity index (χ0v) is 20.8. The van der Waals surface area contributed by atoms with Crippen molar-refractivity contribution in [1.82, 2.24) is 9.80 Å². The van der Waals surface area contributed by atoms with Crippen molar-refractivity contribution in [2.75, 3.05) is 46.0 Å². The van der Waals surface area contributed by atoms with Gasteiger partial charge < -0.3 is 19.5 Å². The number of benzene rings is 2. The Morgan fingerprint density at radius 1 is 1.12 bits per heavy atom. The van der Waals surface area contributed by atoms with E-state index in [0.29, 0.717) is 37.7 Å². The van der Waals surface area contributed by atoms with E-state index in [1.54, 1.807) is 29.2 Å². The second kappa shape index (κ2) is 11.2. The summed E-state index contributed by atoms with van der Waals surface area (Å²) in [6.45, 7) is 6.75. The number of Topliss-reactive ketones (excluding diaryl/α,β-unsaturated/α-hetero) is 1. The number of ether oxygens (including phenoxy) is 2. The molecule has 2 aliphatic rings. The van der Waals surface area contributed by atoms with Crippen LogP contribution in [0.1, 0.15) is 30.5 Å². The molecule has 2 saturated heterocycles. The summed E-state index contributed by atoms with van der Waals surface area (Å²) in [5.74, 6) is -0.856. The van der Waals surface area contributed by atoms with E-state index in [-0.39, 0.29) is 11.3 Å². The highest BCUT2D eigenvalue weighted by Crippen LogP contribution is 2.40. The molecule has 2 aromatic rings. The van der Waals surface area contributed by atoms with Crippen molar-refractivity contribution in [3.05, 3.63) is 69.7 Å². The number of aliphatic hydroxyl groups excluding tert-OH is 1. The summed E-state index contributed by atoms with van der Waals surface area (Å²) in [4.78, 5) is 30.2. The highest BCUT2D eigenvalue weighted by Gasteiger charge is 2.45. The number of ketones is 1. The van der Waals surface area contributed by atoms with Crippen molar-refractivity contribution in [3.63, 3.8) is 0 Å². The summed E-state index contributed by atoms with van der Waals surface area (Å²) in [6, 6.07) is 13.8. The van der Waals surface area contributed by atoms with Gasteiger partial charge in [-0.05, 0) is 43.2 Å². The van der Waals surface area contributed by atoms with E-state index >= 15 is 0 Å². The molecule has 34 heavy (non-hydrogen) atoms. The molecule has 1 amide bonds. The minimum atomic E-state index is -0.668. The summed E-state index contributed by atoms with van der Waals surface area (Å²) in [6.07, 6.45) is 0.722. The van der Waals surface area contributed by atoms with Crippen LogP contribution < -0.4 is 4.74 Å². The van der Waals surface area contributed by atoms with Crippen LogP contribution in [0.5, 0.6) is 5.75 Å². The Morgan fingerprint density at radius 2 is 1.85 bits per heavy atom. The Hall–Kier alpha value is -2.68. The number of nitrogens with zero attached hydrogens (tertiary/aromatic N) is 2. The van der Waals surface area contributed by atoms with Crippen molar-refractivity contribution in [2.45, 2.75) is 19.4 Å². The molecular formula is C26H29BrN2O5. The van der Waals surface area contributed by atoms with Crippen molar-refractivity contribution in [3.8, 4) is 5.75 Å². The van der Waals surface area contributed by atoms with Gasteiger partial charge in [-0.15, -0.1) is 0 Å². The molecule has 2 aromatic carbocycles. The van der Waals surface area contributed by atoms with E-state index < -0.39 is 17.7 Å². The number of carbonyl (C=O) groups excluding carboxylic acids is 2. The largest absolute Gasteiger partial charge is 0.507 e. The molecule has 0 aromatic heterocycles. The second-order valence-electron chi connectivity index (χ2n) is 8.31. The van der Waals surface area contributed by atoms with E-state index in [1.165, 1.54) is 0 Å². The number of aliphatic hydroxyl groups is 1. The molecule has 0 bridgehead atoms. The predicted molar refractivity (Wildman–Crippen MR) is 133 cm³/mol. The monoisotopic (exact) mass is 528 g/mol. The topological polar surface area (TPSA) is 79.3 Å². The van der Waals surface area contributed by atoms with Gasteiger partial charge in [0.05, 0.1) is 31.4 Å². The van der Waals surface area contributed by atoms with Crippen molar-refractivity contribution >= 4 is 33.4 Å². The third-order valence-corrected chi connectivity index (χ3v) is 6.65. The first-order chi connectivity index (χ1) is 16.5. The maximum absolute atomic E-state index is 13.2. The van der Waals surface area contributed by atoms with Crippen molar-refractivity contribution in [2.24, 2.45) is 0 Å². The molecule has 1 N–H and O–H groups in total. The zero-order chi connectivity index (χ0) is 24.1. The average molecular weight is 529 g/mol. The second-order valence-corrected chi connectivity index (χ2v) is 9.23. The molecular weight excluding hydrogens is 500 g/mol. The maximum Gasteiger partial charge on any atom is 0.295 e. The molecule has 2 fully saturated rings. The summed E-state index contributed by atoms with van der Waals surface area (Å²) >= 11 is 3.44. The molecule has 7 nitrogen and oxygen atoms in total. The number of morpholine rings is 1. The van der Waals surface area contributed by atoms with Gasteiger partial charge in [-0.3, -0.25) is 14.5 Å². The summed E-state index contributed by atoms with van der Waals surface area (Å²) in [7, 11) is 0. The highest BCUT2D eigenvalue weighted by atomic mass is 79.9. The fourth-order valence-corrected chi connectivity index (χ4v) is 4.71. The van der Waals surface area contributed by atoms with Crippen molar-refractivity contribution < 1.29 is 24.2 Å². The van der Waals surface area contributed by atoms with Gasteiger partial charge in [0.2, 0.25) is 0 Å². The van der Waals surface area contributed by atoms with Crippen LogP contribution in [-0.4, -0.2) is 72.6 Å². The quantitative estimate of drug-likeness (QED) is 0.317. The number of hydrogen-bond donors (Lipinski definition) is 1. The van der Waals surface area contributed by atoms with Crippen LogP contribution in [0.25, 0.3) is 5.76 Å². The van der Waals surface area contributed by atoms with Gasteiger partial charge in [0.15, 0.2) is 0 Å². The van der Waals surface area contributed by atoms with Gasteiger partial charge in [-0.1, -0.05) is 40.2 Å². The Kier molecular flexibility index (Phi) is 8.03. The predicted octanol–water partition coefficient (Wildman–Crippen LogP) is 3.99. The van der Waals surface area contributed by atoms with Gasteiger partial charge in [-0.25, -0.2) is 0 Å². The first kappa shape index (κ1) is 24.4. The third-order valence-electron chi connectivity index (χ3n) is 6.12. The Balaban J connectivity index is 1.67. The fraction of sp³-hybridized carbons (Fsp3) is 0.385. The number of amides is 1. The van der Waals surface area contributed by atoms with E-state index in [0.717, 1.165) is 36.1 Å². The molecule has 2 aliphatic heterocycles. The van der Waals surface area contributed by atoms with Gasteiger partial charge in [0.25, 0.3) is 11.7 Å². The van der Waals surface area contributed by atoms with Gasteiger partial charge in [-0.2, -0.15) is 0 Å². The normalized spacial score (nSPS) is 20.6. The van der Waals surface area contributed by atoms with Crippen LogP contribution in [0, 0.1) is 0 Å². The van der Waals surface area contributed by atoms with E-state index in [9.17, 15) is 14.7 Å². The van der Waals surface area contributed by atoms with Crippen LogP contribution >= 0.6 is 15.9 Å².